The van der Waals surface area contributed by atoms with Crippen molar-refractivity contribution in [1.82, 2.24) is 0 Å². The molecule has 0 saturated heterocycles. The average molecular weight is 289 g/mol. The zero-order chi connectivity index (χ0) is 15.0. The summed E-state index contributed by atoms with van der Waals surface area (Å²) in [6, 6.07) is 4.07. The summed E-state index contributed by atoms with van der Waals surface area (Å²) in [4.78, 5) is 0. The normalized spacial score (nSPS) is 21.0. The fourth-order valence-electron chi connectivity index (χ4n) is 2.59. The Labute approximate surface area is 115 Å². The molecule has 1 heterocycles. The Morgan fingerprint density at radius 1 is 1.35 bits per heavy atom. The molecule has 112 valence electrons. The molecule has 0 fully saturated rings. The molecular weight excluding hydrogens is 271 g/mol. The van der Waals surface area contributed by atoms with Crippen LogP contribution >= 0.6 is 0 Å². The number of halogens is 3. The molecule has 20 heavy (non-hydrogen) atoms. The Balaban J connectivity index is 2.44. The van der Waals surface area contributed by atoms with E-state index in [1.807, 2.05) is 13.8 Å². The number of rotatable bonds is 3. The third-order valence-corrected chi connectivity index (χ3v) is 3.83. The molecule has 1 aliphatic heterocycles. The summed E-state index contributed by atoms with van der Waals surface area (Å²) in [6.07, 6.45) is -2.81. The number of hydrogen-bond donors (Lipinski definition) is 1. The molecule has 0 unspecified atom stereocenters. The highest BCUT2D eigenvalue weighted by atomic mass is 19.4. The first-order chi connectivity index (χ1) is 9.30. The molecule has 3 nitrogen and oxygen atoms in total. The number of nitrogens with two attached hydrogens (primary N) is 1. The Bertz CT molecular complexity index is 484. The van der Waals surface area contributed by atoms with Gasteiger partial charge in [-0.2, -0.15) is 0 Å². The molecule has 0 aromatic heterocycles. The smallest absolute Gasteiger partial charge is 0.483 e. The van der Waals surface area contributed by atoms with Crippen molar-refractivity contribution in [2.75, 3.05) is 0 Å². The van der Waals surface area contributed by atoms with E-state index in [0.29, 0.717) is 24.8 Å². The lowest BCUT2D eigenvalue weighted by atomic mass is 9.84. The molecule has 1 aromatic rings. The minimum Gasteiger partial charge on any atom is -0.483 e. The van der Waals surface area contributed by atoms with Gasteiger partial charge in [-0.3, -0.25) is 0 Å². The Morgan fingerprint density at radius 2 is 2.00 bits per heavy atom. The monoisotopic (exact) mass is 289 g/mol. The molecule has 0 radical (unpaired) electrons. The molecule has 1 aromatic carbocycles. The van der Waals surface area contributed by atoms with Gasteiger partial charge in [-0.1, -0.05) is 26.0 Å². The Kier molecular flexibility index (Phi) is 3.86. The number of benzene rings is 1. The van der Waals surface area contributed by atoms with Crippen LogP contribution in [0.2, 0.25) is 0 Å². The second-order valence-electron chi connectivity index (χ2n) is 5.03. The predicted molar refractivity (Wildman–Crippen MR) is 68.6 cm³/mol. The fourth-order valence-corrected chi connectivity index (χ4v) is 2.59. The number of fused-ring (bicyclic) bond motifs is 1. The standard InChI is InChI=1S/C14H18F3NO2/c1-3-13(4-2)8-10(18)9-6-5-7-11(12(9)20-13)19-14(15,16)17/h5-7,10H,3-4,8,18H2,1-2H3/t10-/m1/s1. The highest BCUT2D eigenvalue weighted by Crippen LogP contribution is 2.47. The van der Waals surface area contributed by atoms with E-state index in [9.17, 15) is 13.2 Å². The van der Waals surface area contributed by atoms with Gasteiger partial charge >= 0.3 is 6.36 Å². The Hall–Kier alpha value is -1.43. The van der Waals surface area contributed by atoms with E-state index in [4.69, 9.17) is 10.5 Å². The van der Waals surface area contributed by atoms with Crippen molar-refractivity contribution in [3.8, 4) is 11.5 Å². The van der Waals surface area contributed by atoms with E-state index in [1.54, 1.807) is 6.07 Å². The largest absolute Gasteiger partial charge is 0.573 e. The molecule has 0 bridgehead atoms. The lowest BCUT2D eigenvalue weighted by Crippen LogP contribution is -2.42. The van der Waals surface area contributed by atoms with Gasteiger partial charge in [0.2, 0.25) is 0 Å². The Morgan fingerprint density at radius 3 is 2.55 bits per heavy atom. The second-order valence-corrected chi connectivity index (χ2v) is 5.03. The maximum atomic E-state index is 12.5. The molecule has 0 spiro atoms. The van der Waals surface area contributed by atoms with Crippen molar-refractivity contribution in [3.63, 3.8) is 0 Å². The molecule has 6 heteroatoms. The summed E-state index contributed by atoms with van der Waals surface area (Å²) in [7, 11) is 0. The molecule has 2 N–H and O–H groups in total. The summed E-state index contributed by atoms with van der Waals surface area (Å²) in [5.41, 5.74) is 6.12. The van der Waals surface area contributed by atoms with Crippen LogP contribution in [0.5, 0.6) is 11.5 Å². The molecule has 0 aliphatic carbocycles. The van der Waals surface area contributed by atoms with E-state index >= 15 is 0 Å². The van der Waals surface area contributed by atoms with Gasteiger partial charge in [0.15, 0.2) is 11.5 Å². The molecular formula is C14H18F3NO2. The summed E-state index contributed by atoms with van der Waals surface area (Å²) in [5, 5.41) is 0. The van der Waals surface area contributed by atoms with Gasteiger partial charge in [-0.15, -0.1) is 13.2 Å². The van der Waals surface area contributed by atoms with Gasteiger partial charge in [0.05, 0.1) is 0 Å². The molecule has 0 amide bonds. The van der Waals surface area contributed by atoms with Crippen LogP contribution in [-0.4, -0.2) is 12.0 Å². The van der Waals surface area contributed by atoms with E-state index < -0.39 is 12.0 Å². The highest BCUT2D eigenvalue weighted by Gasteiger charge is 2.40. The van der Waals surface area contributed by atoms with Gasteiger partial charge < -0.3 is 15.2 Å². The highest BCUT2D eigenvalue weighted by molar-refractivity contribution is 5.50. The molecule has 2 rings (SSSR count). The minimum absolute atomic E-state index is 0.118. The number of para-hydroxylation sites is 1. The zero-order valence-electron chi connectivity index (χ0n) is 11.5. The first-order valence-corrected chi connectivity index (χ1v) is 6.63. The van der Waals surface area contributed by atoms with Crippen LogP contribution in [0.4, 0.5) is 13.2 Å². The van der Waals surface area contributed by atoms with Crippen LogP contribution in [0.15, 0.2) is 18.2 Å². The van der Waals surface area contributed by atoms with Crippen LogP contribution in [-0.2, 0) is 0 Å². The molecule has 0 saturated carbocycles. The zero-order valence-corrected chi connectivity index (χ0v) is 11.5. The van der Waals surface area contributed by atoms with Gasteiger partial charge in [0.25, 0.3) is 0 Å². The number of ether oxygens (including phenoxy) is 2. The lowest BCUT2D eigenvalue weighted by Gasteiger charge is -2.40. The second kappa shape index (κ2) is 5.16. The fraction of sp³-hybridized carbons (Fsp3) is 0.571. The van der Waals surface area contributed by atoms with Crippen molar-refractivity contribution in [2.45, 2.75) is 51.1 Å². The van der Waals surface area contributed by atoms with Crippen molar-refractivity contribution in [1.29, 1.82) is 0 Å². The first-order valence-electron chi connectivity index (χ1n) is 6.63. The summed E-state index contributed by atoms with van der Waals surface area (Å²) >= 11 is 0. The summed E-state index contributed by atoms with van der Waals surface area (Å²) in [6.45, 7) is 3.88. The minimum atomic E-state index is -4.75. The predicted octanol–water partition coefficient (Wildman–Crippen LogP) is 3.93. The summed E-state index contributed by atoms with van der Waals surface area (Å²) < 4.78 is 47.3. The first kappa shape index (κ1) is 15.0. The van der Waals surface area contributed by atoms with Crippen molar-refractivity contribution < 1.29 is 22.6 Å². The third-order valence-electron chi connectivity index (χ3n) is 3.83. The van der Waals surface area contributed by atoms with Crippen LogP contribution in [0, 0.1) is 0 Å². The number of hydrogen-bond acceptors (Lipinski definition) is 3. The molecule has 1 atom stereocenters. The van der Waals surface area contributed by atoms with Gasteiger partial charge in [0.1, 0.15) is 5.60 Å². The SMILES string of the molecule is CCC1(CC)C[C@@H](N)c2cccc(OC(F)(F)F)c2O1. The quantitative estimate of drug-likeness (QED) is 0.917. The van der Waals surface area contributed by atoms with E-state index in [-0.39, 0.29) is 17.5 Å². The van der Waals surface area contributed by atoms with Gasteiger partial charge in [-0.25, -0.2) is 0 Å². The van der Waals surface area contributed by atoms with Gasteiger partial charge in [0, 0.05) is 18.0 Å². The maximum absolute atomic E-state index is 12.5. The average Bonchev–Trinajstić information content (AvgIpc) is 2.38. The molecule has 1 aliphatic rings. The topological polar surface area (TPSA) is 44.5 Å². The van der Waals surface area contributed by atoms with Crippen LogP contribution in [0.3, 0.4) is 0 Å². The van der Waals surface area contributed by atoms with Crippen molar-refractivity contribution in [3.05, 3.63) is 23.8 Å². The van der Waals surface area contributed by atoms with Crippen molar-refractivity contribution >= 4 is 0 Å². The summed E-state index contributed by atoms with van der Waals surface area (Å²) in [5.74, 6) is -0.205. The maximum Gasteiger partial charge on any atom is 0.573 e. The third kappa shape index (κ3) is 2.85. The van der Waals surface area contributed by atoms with Crippen LogP contribution < -0.4 is 15.2 Å². The van der Waals surface area contributed by atoms with Gasteiger partial charge in [-0.05, 0) is 18.9 Å². The van der Waals surface area contributed by atoms with E-state index in [1.165, 1.54) is 12.1 Å². The van der Waals surface area contributed by atoms with E-state index in [2.05, 4.69) is 4.74 Å². The van der Waals surface area contributed by atoms with Crippen molar-refractivity contribution in [2.24, 2.45) is 5.73 Å². The van der Waals surface area contributed by atoms with E-state index in [0.717, 1.165) is 0 Å². The van der Waals surface area contributed by atoms with Crippen LogP contribution in [0.25, 0.3) is 0 Å². The lowest BCUT2D eigenvalue weighted by molar-refractivity contribution is -0.275. The number of alkyl halides is 3. The van der Waals surface area contributed by atoms with Crippen LogP contribution in [0.1, 0.15) is 44.7 Å².